The summed E-state index contributed by atoms with van der Waals surface area (Å²) in [5, 5.41) is 4.56. The number of benzene rings is 2. The van der Waals surface area contributed by atoms with Gasteiger partial charge in [0.05, 0.1) is 11.4 Å². The van der Waals surface area contributed by atoms with Gasteiger partial charge in [-0.3, -0.25) is 9.59 Å². The van der Waals surface area contributed by atoms with Crippen LogP contribution in [0.3, 0.4) is 0 Å². The standard InChI is InChI=1S/C23H24N4O2S/c1-18-7-9-19(10-8-18)27-22(28)12-11-21(24-27)25-13-15-26(16-14-25)23(29)17-30-20-5-3-2-4-6-20/h2-12H,13-17H2,1H3. The Hall–Kier alpha value is -3.06. The maximum absolute atomic E-state index is 12.6. The lowest BCUT2D eigenvalue weighted by Gasteiger charge is -2.35. The fourth-order valence-electron chi connectivity index (χ4n) is 3.38. The van der Waals surface area contributed by atoms with Gasteiger partial charge >= 0.3 is 0 Å². The number of aromatic nitrogens is 2. The van der Waals surface area contributed by atoms with E-state index in [-0.39, 0.29) is 11.5 Å². The number of anilines is 1. The predicted octanol–water partition coefficient (Wildman–Crippen LogP) is 2.98. The summed E-state index contributed by atoms with van der Waals surface area (Å²) in [6.45, 7) is 4.70. The Balaban J connectivity index is 1.38. The minimum Gasteiger partial charge on any atom is -0.352 e. The third-order valence-electron chi connectivity index (χ3n) is 5.13. The monoisotopic (exact) mass is 420 g/mol. The van der Waals surface area contributed by atoms with Crippen molar-refractivity contribution in [2.75, 3.05) is 36.8 Å². The molecule has 0 saturated carbocycles. The molecule has 0 atom stereocenters. The molecule has 0 bridgehead atoms. The lowest BCUT2D eigenvalue weighted by molar-refractivity contribution is -0.128. The molecule has 1 amide bonds. The Kier molecular flexibility index (Phi) is 6.18. The zero-order chi connectivity index (χ0) is 20.9. The molecule has 2 aromatic carbocycles. The fourth-order valence-corrected chi connectivity index (χ4v) is 4.20. The highest BCUT2D eigenvalue weighted by Gasteiger charge is 2.22. The number of piperazine rings is 1. The van der Waals surface area contributed by atoms with Gasteiger partial charge in [0.25, 0.3) is 5.56 Å². The second-order valence-electron chi connectivity index (χ2n) is 7.25. The lowest BCUT2D eigenvalue weighted by Crippen LogP contribution is -2.49. The zero-order valence-corrected chi connectivity index (χ0v) is 17.7. The molecule has 154 valence electrons. The molecule has 3 aromatic rings. The van der Waals surface area contributed by atoms with Crippen molar-refractivity contribution in [2.24, 2.45) is 0 Å². The molecule has 6 nitrogen and oxygen atoms in total. The first-order valence-corrected chi connectivity index (χ1v) is 11.0. The molecule has 0 N–H and O–H groups in total. The first-order chi connectivity index (χ1) is 14.6. The quantitative estimate of drug-likeness (QED) is 0.594. The van der Waals surface area contributed by atoms with Crippen LogP contribution in [0.4, 0.5) is 5.82 Å². The Bertz CT molecular complexity index is 1060. The molecule has 4 rings (SSSR count). The molecule has 1 aliphatic heterocycles. The van der Waals surface area contributed by atoms with E-state index < -0.39 is 0 Å². The van der Waals surface area contributed by atoms with Crippen LogP contribution in [-0.2, 0) is 4.79 Å². The minimum absolute atomic E-state index is 0.154. The van der Waals surface area contributed by atoms with E-state index in [0.29, 0.717) is 31.9 Å². The second kappa shape index (κ2) is 9.17. The number of thioether (sulfide) groups is 1. The van der Waals surface area contributed by atoms with E-state index in [9.17, 15) is 9.59 Å². The number of amides is 1. The summed E-state index contributed by atoms with van der Waals surface area (Å²) in [5.74, 6) is 1.35. The maximum Gasteiger partial charge on any atom is 0.271 e. The summed E-state index contributed by atoms with van der Waals surface area (Å²) in [7, 11) is 0. The predicted molar refractivity (Wildman–Crippen MR) is 121 cm³/mol. The average molecular weight is 421 g/mol. The third kappa shape index (κ3) is 4.74. The first-order valence-electron chi connectivity index (χ1n) is 9.98. The molecule has 1 saturated heterocycles. The van der Waals surface area contributed by atoms with Crippen molar-refractivity contribution in [1.82, 2.24) is 14.7 Å². The SMILES string of the molecule is Cc1ccc(-n2nc(N3CCN(C(=O)CSc4ccccc4)CC3)ccc2=O)cc1. The first kappa shape index (κ1) is 20.2. The van der Waals surface area contributed by atoms with Crippen molar-refractivity contribution in [3.63, 3.8) is 0 Å². The summed E-state index contributed by atoms with van der Waals surface area (Å²) in [6.07, 6.45) is 0. The van der Waals surface area contributed by atoms with Crippen molar-refractivity contribution in [3.05, 3.63) is 82.6 Å². The summed E-state index contributed by atoms with van der Waals surface area (Å²) in [5.41, 5.74) is 1.72. The van der Waals surface area contributed by atoms with Crippen molar-refractivity contribution in [3.8, 4) is 5.69 Å². The van der Waals surface area contributed by atoms with Crippen molar-refractivity contribution in [1.29, 1.82) is 0 Å². The van der Waals surface area contributed by atoms with Crippen LogP contribution < -0.4 is 10.5 Å². The summed E-state index contributed by atoms with van der Waals surface area (Å²) in [4.78, 5) is 30.0. The van der Waals surface area contributed by atoms with E-state index in [4.69, 9.17) is 0 Å². The smallest absolute Gasteiger partial charge is 0.271 e. The number of aryl methyl sites for hydroxylation is 1. The molecule has 0 aliphatic carbocycles. The fraction of sp³-hybridized carbons (Fsp3) is 0.261. The van der Waals surface area contributed by atoms with Crippen LogP contribution >= 0.6 is 11.8 Å². The van der Waals surface area contributed by atoms with Crippen molar-refractivity contribution < 1.29 is 4.79 Å². The van der Waals surface area contributed by atoms with Gasteiger partial charge in [-0.2, -0.15) is 4.68 Å². The van der Waals surface area contributed by atoms with Gasteiger partial charge < -0.3 is 9.80 Å². The van der Waals surface area contributed by atoms with E-state index in [2.05, 4.69) is 10.00 Å². The van der Waals surface area contributed by atoms with Gasteiger partial charge in [-0.1, -0.05) is 35.9 Å². The van der Waals surface area contributed by atoms with Crippen LogP contribution in [0.1, 0.15) is 5.56 Å². The number of hydrogen-bond acceptors (Lipinski definition) is 5. The van der Waals surface area contributed by atoms with E-state index in [1.807, 2.05) is 66.4 Å². The normalized spacial score (nSPS) is 14.0. The Morgan fingerprint density at radius 2 is 1.63 bits per heavy atom. The zero-order valence-electron chi connectivity index (χ0n) is 16.9. The molecular formula is C23H24N4O2S. The van der Waals surface area contributed by atoms with Gasteiger partial charge in [0.2, 0.25) is 5.91 Å². The summed E-state index contributed by atoms with van der Waals surface area (Å²) >= 11 is 1.57. The average Bonchev–Trinajstić information content (AvgIpc) is 2.79. The van der Waals surface area contributed by atoms with Crippen LogP contribution in [0.15, 0.2) is 76.4 Å². The van der Waals surface area contributed by atoms with Gasteiger partial charge in [0.1, 0.15) is 5.82 Å². The molecule has 1 aliphatic rings. The number of carbonyl (C=O) groups is 1. The number of carbonyl (C=O) groups excluding carboxylic acids is 1. The van der Waals surface area contributed by atoms with Crippen LogP contribution in [0.2, 0.25) is 0 Å². The van der Waals surface area contributed by atoms with E-state index >= 15 is 0 Å². The molecule has 0 unspecified atom stereocenters. The molecule has 0 spiro atoms. The number of nitrogens with zero attached hydrogens (tertiary/aromatic N) is 4. The Morgan fingerprint density at radius 3 is 2.33 bits per heavy atom. The van der Waals surface area contributed by atoms with Gasteiger partial charge in [-0.25, -0.2) is 0 Å². The molecule has 7 heteroatoms. The third-order valence-corrected chi connectivity index (χ3v) is 6.12. The largest absolute Gasteiger partial charge is 0.352 e. The van der Waals surface area contributed by atoms with Gasteiger partial charge in [-0.05, 0) is 37.3 Å². The van der Waals surface area contributed by atoms with Gasteiger partial charge in [-0.15, -0.1) is 16.9 Å². The topological polar surface area (TPSA) is 58.4 Å². The van der Waals surface area contributed by atoms with Crippen LogP contribution in [-0.4, -0.2) is 52.5 Å². The van der Waals surface area contributed by atoms with Crippen LogP contribution in [0.25, 0.3) is 5.69 Å². The van der Waals surface area contributed by atoms with Crippen LogP contribution in [0.5, 0.6) is 0 Å². The highest BCUT2D eigenvalue weighted by Crippen LogP contribution is 2.19. The van der Waals surface area contributed by atoms with Gasteiger partial charge in [0, 0.05) is 37.1 Å². The number of rotatable bonds is 5. The minimum atomic E-state index is -0.158. The number of hydrogen-bond donors (Lipinski definition) is 0. The van der Waals surface area contributed by atoms with Crippen molar-refractivity contribution in [2.45, 2.75) is 11.8 Å². The van der Waals surface area contributed by atoms with Crippen LogP contribution in [0, 0.1) is 6.92 Å². The Morgan fingerprint density at radius 1 is 0.933 bits per heavy atom. The lowest BCUT2D eigenvalue weighted by atomic mass is 10.2. The molecular weight excluding hydrogens is 396 g/mol. The highest BCUT2D eigenvalue weighted by molar-refractivity contribution is 8.00. The molecule has 1 aromatic heterocycles. The summed E-state index contributed by atoms with van der Waals surface area (Å²) in [6, 6.07) is 21.0. The van der Waals surface area contributed by atoms with E-state index in [1.54, 1.807) is 23.9 Å². The molecule has 30 heavy (non-hydrogen) atoms. The highest BCUT2D eigenvalue weighted by atomic mass is 32.2. The van der Waals surface area contributed by atoms with E-state index in [0.717, 1.165) is 22.0 Å². The van der Waals surface area contributed by atoms with Gasteiger partial charge in [0.15, 0.2) is 0 Å². The molecule has 0 radical (unpaired) electrons. The maximum atomic E-state index is 12.6. The molecule has 2 heterocycles. The molecule has 1 fully saturated rings. The summed E-state index contributed by atoms with van der Waals surface area (Å²) < 4.78 is 1.43. The van der Waals surface area contributed by atoms with Crippen molar-refractivity contribution >= 4 is 23.5 Å². The second-order valence-corrected chi connectivity index (χ2v) is 8.30. The van der Waals surface area contributed by atoms with E-state index in [1.165, 1.54) is 4.68 Å². The Labute approximate surface area is 180 Å².